The lowest BCUT2D eigenvalue weighted by atomic mass is 10.3. The second-order valence-corrected chi connectivity index (χ2v) is 4.15. The van der Waals surface area contributed by atoms with Crippen molar-refractivity contribution in [3.8, 4) is 12.3 Å². The molecule has 5 heteroatoms. The van der Waals surface area contributed by atoms with E-state index < -0.39 is 12.0 Å². The molecule has 2 unspecified atom stereocenters. The Kier molecular flexibility index (Phi) is 7.86. The van der Waals surface area contributed by atoms with Crippen LogP contribution in [-0.4, -0.2) is 35.4 Å². The molecule has 0 aromatic heterocycles. The highest BCUT2D eigenvalue weighted by molar-refractivity contribution is 7.99. The summed E-state index contributed by atoms with van der Waals surface area (Å²) < 4.78 is 4.99. The predicted octanol–water partition coefficient (Wildman–Crippen LogP) is 0.542. The van der Waals surface area contributed by atoms with Crippen molar-refractivity contribution in [3.63, 3.8) is 0 Å². The van der Waals surface area contributed by atoms with Gasteiger partial charge < -0.3 is 10.5 Å². The first-order valence-electron chi connectivity index (χ1n) is 4.20. The molecular formula is C9H15NO2S2. The van der Waals surface area contributed by atoms with Crippen molar-refractivity contribution in [3.05, 3.63) is 0 Å². The Hall–Kier alpha value is -0.310. The maximum atomic E-state index is 11.3. The molecule has 0 aliphatic heterocycles. The van der Waals surface area contributed by atoms with E-state index in [1.807, 2.05) is 0 Å². The Balaban J connectivity index is 3.71. The molecule has 0 rings (SSSR count). The van der Waals surface area contributed by atoms with Gasteiger partial charge in [0.1, 0.15) is 12.1 Å². The predicted molar refractivity (Wildman–Crippen MR) is 63.5 cm³/mol. The first-order valence-corrected chi connectivity index (χ1v) is 5.98. The molecule has 0 radical (unpaired) electrons. The summed E-state index contributed by atoms with van der Waals surface area (Å²) in [6.45, 7) is 1.77. The molecule has 0 aromatic rings. The maximum absolute atomic E-state index is 11.3. The average Bonchev–Trinajstić information content (AvgIpc) is 2.17. The molecule has 0 aromatic carbocycles. The SMILES string of the molecule is C#CCSCC(N)C(=O)OC(C)CS. The molecule has 0 bridgehead atoms. The number of carbonyl (C=O) groups is 1. The highest BCUT2D eigenvalue weighted by Gasteiger charge is 2.16. The van der Waals surface area contributed by atoms with Gasteiger partial charge in [-0.05, 0) is 6.92 Å². The fourth-order valence-corrected chi connectivity index (χ4v) is 1.34. The van der Waals surface area contributed by atoms with Crippen molar-refractivity contribution in [1.82, 2.24) is 0 Å². The van der Waals surface area contributed by atoms with Crippen LogP contribution >= 0.6 is 24.4 Å². The van der Waals surface area contributed by atoms with E-state index in [0.717, 1.165) is 0 Å². The van der Waals surface area contributed by atoms with Gasteiger partial charge in [0.2, 0.25) is 0 Å². The lowest BCUT2D eigenvalue weighted by Gasteiger charge is -2.14. The van der Waals surface area contributed by atoms with E-state index in [1.54, 1.807) is 6.92 Å². The van der Waals surface area contributed by atoms with Gasteiger partial charge >= 0.3 is 5.97 Å². The number of terminal acetylenes is 1. The van der Waals surface area contributed by atoms with Gasteiger partial charge in [-0.25, -0.2) is 0 Å². The van der Waals surface area contributed by atoms with Crippen LogP contribution in [0.1, 0.15) is 6.92 Å². The van der Waals surface area contributed by atoms with Crippen molar-refractivity contribution < 1.29 is 9.53 Å². The number of thiol groups is 1. The number of thioether (sulfide) groups is 1. The highest BCUT2D eigenvalue weighted by Crippen LogP contribution is 2.03. The molecule has 0 amide bonds. The minimum Gasteiger partial charge on any atom is -0.461 e. The van der Waals surface area contributed by atoms with Crippen molar-refractivity contribution in [2.45, 2.75) is 19.1 Å². The van der Waals surface area contributed by atoms with E-state index in [4.69, 9.17) is 16.9 Å². The van der Waals surface area contributed by atoms with Gasteiger partial charge in [-0.3, -0.25) is 4.79 Å². The Bertz CT molecular complexity index is 215. The van der Waals surface area contributed by atoms with Crippen molar-refractivity contribution in [2.24, 2.45) is 5.73 Å². The third kappa shape index (κ3) is 6.19. The van der Waals surface area contributed by atoms with Gasteiger partial charge in [0.25, 0.3) is 0 Å². The lowest BCUT2D eigenvalue weighted by molar-refractivity contribution is -0.148. The summed E-state index contributed by atoms with van der Waals surface area (Å²) >= 11 is 5.44. The molecule has 2 N–H and O–H groups in total. The fourth-order valence-electron chi connectivity index (χ4n) is 0.636. The Morgan fingerprint density at radius 2 is 2.43 bits per heavy atom. The second-order valence-electron chi connectivity index (χ2n) is 2.76. The Labute approximate surface area is 94.6 Å². The van der Waals surface area contributed by atoms with Crippen molar-refractivity contribution in [2.75, 3.05) is 17.3 Å². The summed E-state index contributed by atoms with van der Waals surface area (Å²) in [5.74, 6) is 3.61. The molecule has 0 saturated heterocycles. The quantitative estimate of drug-likeness (QED) is 0.304. The second kappa shape index (κ2) is 8.04. The summed E-state index contributed by atoms with van der Waals surface area (Å²) in [5.41, 5.74) is 5.57. The fraction of sp³-hybridized carbons (Fsp3) is 0.667. The first kappa shape index (κ1) is 13.7. The van der Waals surface area contributed by atoms with Crippen LogP contribution in [0.5, 0.6) is 0 Å². The molecule has 3 nitrogen and oxygen atoms in total. The number of hydrogen-bond donors (Lipinski definition) is 2. The van der Waals surface area contributed by atoms with E-state index in [2.05, 4.69) is 18.5 Å². The number of rotatable bonds is 6. The van der Waals surface area contributed by atoms with E-state index in [1.165, 1.54) is 11.8 Å². The molecule has 0 spiro atoms. The number of hydrogen-bond acceptors (Lipinski definition) is 5. The number of esters is 1. The van der Waals surface area contributed by atoms with Crippen LogP contribution in [0.15, 0.2) is 0 Å². The molecule has 0 aliphatic rings. The Morgan fingerprint density at radius 3 is 2.93 bits per heavy atom. The van der Waals surface area contributed by atoms with E-state index in [0.29, 0.717) is 17.3 Å². The zero-order chi connectivity index (χ0) is 11.0. The Morgan fingerprint density at radius 1 is 1.79 bits per heavy atom. The minimum absolute atomic E-state index is 0.200. The standard InChI is InChI=1S/C9H15NO2S2/c1-3-4-14-6-8(10)9(11)12-7(2)5-13/h1,7-8,13H,4-6,10H2,2H3. The van der Waals surface area contributed by atoms with Gasteiger partial charge in [-0.1, -0.05) is 5.92 Å². The largest absolute Gasteiger partial charge is 0.461 e. The summed E-state index contributed by atoms with van der Waals surface area (Å²) in [5, 5.41) is 0. The van der Waals surface area contributed by atoms with Gasteiger partial charge in [0, 0.05) is 11.5 Å². The number of ether oxygens (including phenoxy) is 1. The summed E-state index contributed by atoms with van der Waals surface area (Å²) in [4.78, 5) is 11.3. The van der Waals surface area contributed by atoms with Crippen LogP contribution in [0.4, 0.5) is 0 Å². The van der Waals surface area contributed by atoms with Crippen LogP contribution in [0.25, 0.3) is 0 Å². The van der Waals surface area contributed by atoms with Gasteiger partial charge in [-0.15, -0.1) is 18.2 Å². The third-order valence-corrected chi connectivity index (χ3v) is 2.84. The molecule has 2 atom stereocenters. The minimum atomic E-state index is -0.601. The first-order chi connectivity index (χ1) is 6.61. The summed E-state index contributed by atoms with van der Waals surface area (Å²) in [6, 6.07) is -0.601. The average molecular weight is 233 g/mol. The van der Waals surface area contributed by atoms with Gasteiger partial charge in [0.15, 0.2) is 0 Å². The molecule has 14 heavy (non-hydrogen) atoms. The van der Waals surface area contributed by atoms with E-state index >= 15 is 0 Å². The number of nitrogens with two attached hydrogens (primary N) is 1. The normalized spacial score (nSPS) is 14.1. The molecule has 80 valence electrons. The third-order valence-electron chi connectivity index (χ3n) is 1.36. The molecular weight excluding hydrogens is 218 g/mol. The van der Waals surface area contributed by atoms with Crippen LogP contribution in [0.2, 0.25) is 0 Å². The molecule has 0 heterocycles. The summed E-state index contributed by atoms with van der Waals surface area (Å²) in [6.07, 6.45) is 4.86. The van der Waals surface area contributed by atoms with Gasteiger partial charge in [-0.2, -0.15) is 12.6 Å². The summed E-state index contributed by atoms with van der Waals surface area (Å²) in [7, 11) is 0. The van der Waals surface area contributed by atoms with E-state index in [9.17, 15) is 4.79 Å². The van der Waals surface area contributed by atoms with E-state index in [-0.39, 0.29) is 6.10 Å². The lowest BCUT2D eigenvalue weighted by Crippen LogP contribution is -2.36. The zero-order valence-corrected chi connectivity index (χ0v) is 9.81. The van der Waals surface area contributed by atoms with Crippen LogP contribution < -0.4 is 5.73 Å². The van der Waals surface area contributed by atoms with Crippen LogP contribution in [-0.2, 0) is 9.53 Å². The van der Waals surface area contributed by atoms with Crippen molar-refractivity contribution >= 4 is 30.4 Å². The number of carbonyl (C=O) groups excluding carboxylic acids is 1. The molecule has 0 aliphatic carbocycles. The topological polar surface area (TPSA) is 52.3 Å². The zero-order valence-electron chi connectivity index (χ0n) is 8.10. The maximum Gasteiger partial charge on any atom is 0.324 e. The van der Waals surface area contributed by atoms with Crippen LogP contribution in [0.3, 0.4) is 0 Å². The van der Waals surface area contributed by atoms with Gasteiger partial charge in [0.05, 0.1) is 5.75 Å². The highest BCUT2D eigenvalue weighted by atomic mass is 32.2. The smallest absolute Gasteiger partial charge is 0.324 e. The monoisotopic (exact) mass is 233 g/mol. The molecule has 0 fully saturated rings. The van der Waals surface area contributed by atoms with Crippen molar-refractivity contribution in [1.29, 1.82) is 0 Å². The molecule has 0 saturated carbocycles. The van der Waals surface area contributed by atoms with Crippen LogP contribution in [0, 0.1) is 12.3 Å².